The molecule has 0 unspecified atom stereocenters. The zero-order chi connectivity index (χ0) is 16.1. The van der Waals surface area contributed by atoms with Crippen LogP contribution in [0.1, 0.15) is 31.3 Å². The minimum Gasteiger partial charge on any atom is -0.451 e. The molecule has 1 aromatic heterocycles. The summed E-state index contributed by atoms with van der Waals surface area (Å²) in [6, 6.07) is 10.9. The summed E-state index contributed by atoms with van der Waals surface area (Å²) in [6.07, 6.45) is 0. The van der Waals surface area contributed by atoms with Crippen LogP contribution in [0.4, 0.5) is 0 Å². The van der Waals surface area contributed by atoms with Crippen LogP contribution in [0.5, 0.6) is 0 Å². The van der Waals surface area contributed by atoms with Gasteiger partial charge in [-0.2, -0.15) is 0 Å². The predicted molar refractivity (Wildman–Crippen MR) is 84.5 cm³/mol. The van der Waals surface area contributed by atoms with E-state index in [9.17, 15) is 9.59 Å². The van der Waals surface area contributed by atoms with E-state index in [1.54, 1.807) is 12.1 Å². The molecule has 116 valence electrons. The van der Waals surface area contributed by atoms with Gasteiger partial charge < -0.3 is 10.1 Å². The molecule has 0 aliphatic heterocycles. The topological polar surface area (TPSA) is 68.3 Å². The number of para-hydroxylation sites is 1. The number of aromatic nitrogens is 1. The van der Waals surface area contributed by atoms with Gasteiger partial charge in [0.25, 0.3) is 5.91 Å². The Morgan fingerprint density at radius 3 is 2.59 bits per heavy atom. The fraction of sp³-hybridized carbons (Fsp3) is 0.353. The highest BCUT2D eigenvalue weighted by Gasteiger charge is 2.14. The minimum atomic E-state index is -0.599. The third-order valence-electron chi connectivity index (χ3n) is 3.53. The Labute approximate surface area is 129 Å². The van der Waals surface area contributed by atoms with E-state index in [4.69, 9.17) is 4.74 Å². The lowest BCUT2D eigenvalue weighted by Crippen LogP contribution is -2.38. The number of ether oxygens (including phenoxy) is 1. The summed E-state index contributed by atoms with van der Waals surface area (Å²) in [4.78, 5) is 27.9. The van der Waals surface area contributed by atoms with Crippen LogP contribution >= 0.6 is 0 Å². The van der Waals surface area contributed by atoms with Crippen LogP contribution in [0.15, 0.2) is 36.4 Å². The summed E-state index contributed by atoms with van der Waals surface area (Å²) in [5, 5.41) is 3.73. The zero-order valence-corrected chi connectivity index (χ0v) is 13.0. The molecule has 1 aromatic carbocycles. The van der Waals surface area contributed by atoms with Crippen molar-refractivity contribution in [3.63, 3.8) is 0 Å². The number of rotatable bonds is 5. The first kappa shape index (κ1) is 15.9. The van der Waals surface area contributed by atoms with Crippen LogP contribution in [-0.4, -0.2) is 29.5 Å². The standard InChI is InChI=1S/C17H20N2O3/c1-11(2)12(3)18-16(20)10-22-17(21)15-9-8-13-6-4-5-7-14(13)19-15/h4-9,11-12H,10H2,1-3H3,(H,18,20)/t12-/m0/s1. The monoisotopic (exact) mass is 300 g/mol. The summed E-state index contributed by atoms with van der Waals surface area (Å²) >= 11 is 0. The normalized spacial score (nSPS) is 12.2. The van der Waals surface area contributed by atoms with Gasteiger partial charge in [-0.05, 0) is 25.0 Å². The molecule has 0 fully saturated rings. The Morgan fingerprint density at radius 1 is 1.14 bits per heavy atom. The van der Waals surface area contributed by atoms with Crippen LogP contribution in [-0.2, 0) is 9.53 Å². The Kier molecular flexibility index (Phi) is 5.09. The van der Waals surface area contributed by atoms with Crippen molar-refractivity contribution >= 4 is 22.8 Å². The Bertz CT molecular complexity index is 682. The van der Waals surface area contributed by atoms with E-state index < -0.39 is 5.97 Å². The van der Waals surface area contributed by atoms with Crippen LogP contribution in [0.3, 0.4) is 0 Å². The van der Waals surface area contributed by atoms with Gasteiger partial charge in [-0.1, -0.05) is 38.1 Å². The third kappa shape index (κ3) is 4.04. The van der Waals surface area contributed by atoms with Gasteiger partial charge in [0, 0.05) is 11.4 Å². The van der Waals surface area contributed by atoms with Crippen molar-refractivity contribution in [1.82, 2.24) is 10.3 Å². The second-order valence-electron chi connectivity index (χ2n) is 5.57. The van der Waals surface area contributed by atoms with Crippen molar-refractivity contribution in [3.05, 3.63) is 42.1 Å². The van der Waals surface area contributed by atoms with Crippen LogP contribution in [0.2, 0.25) is 0 Å². The van der Waals surface area contributed by atoms with Gasteiger partial charge in [0.2, 0.25) is 0 Å². The smallest absolute Gasteiger partial charge is 0.357 e. The van der Waals surface area contributed by atoms with Crippen molar-refractivity contribution in [2.75, 3.05) is 6.61 Å². The van der Waals surface area contributed by atoms with E-state index >= 15 is 0 Å². The molecule has 0 saturated carbocycles. The molecule has 1 N–H and O–H groups in total. The predicted octanol–water partition coefficient (Wildman–Crippen LogP) is 2.55. The summed E-state index contributed by atoms with van der Waals surface area (Å²) in [5.41, 5.74) is 0.915. The molecule has 0 saturated heterocycles. The SMILES string of the molecule is CC(C)[C@H](C)NC(=O)COC(=O)c1ccc2ccccc2n1. The van der Waals surface area contributed by atoms with E-state index in [0.717, 1.165) is 10.9 Å². The maximum Gasteiger partial charge on any atom is 0.357 e. The molecule has 0 aliphatic rings. The van der Waals surface area contributed by atoms with Crippen LogP contribution in [0, 0.1) is 5.92 Å². The highest BCUT2D eigenvalue weighted by molar-refractivity contribution is 5.92. The van der Waals surface area contributed by atoms with E-state index in [1.165, 1.54) is 0 Å². The highest BCUT2D eigenvalue weighted by atomic mass is 16.5. The van der Waals surface area contributed by atoms with Crippen LogP contribution < -0.4 is 5.32 Å². The van der Waals surface area contributed by atoms with Crippen molar-refractivity contribution in [2.24, 2.45) is 5.92 Å². The summed E-state index contributed by atoms with van der Waals surface area (Å²) in [5.74, 6) is -0.588. The van der Waals surface area contributed by atoms with Crippen molar-refractivity contribution in [1.29, 1.82) is 0 Å². The fourth-order valence-electron chi connectivity index (χ4n) is 1.85. The van der Waals surface area contributed by atoms with Gasteiger partial charge in [0.05, 0.1) is 5.52 Å². The molecule has 0 bridgehead atoms. The number of nitrogens with one attached hydrogen (secondary N) is 1. The molecule has 5 heteroatoms. The molecule has 0 spiro atoms. The summed E-state index contributed by atoms with van der Waals surface area (Å²) in [7, 11) is 0. The minimum absolute atomic E-state index is 0.0324. The van der Waals surface area contributed by atoms with Gasteiger partial charge in [0.1, 0.15) is 5.69 Å². The van der Waals surface area contributed by atoms with E-state index in [-0.39, 0.29) is 24.2 Å². The maximum atomic E-state index is 11.9. The number of carbonyl (C=O) groups is 2. The largest absolute Gasteiger partial charge is 0.451 e. The number of hydrogen-bond donors (Lipinski definition) is 1. The number of nitrogens with zero attached hydrogens (tertiary/aromatic N) is 1. The van der Waals surface area contributed by atoms with Gasteiger partial charge in [-0.3, -0.25) is 4.79 Å². The summed E-state index contributed by atoms with van der Waals surface area (Å²) in [6.45, 7) is 5.63. The second kappa shape index (κ2) is 7.02. The molecule has 5 nitrogen and oxygen atoms in total. The molecular weight excluding hydrogens is 280 g/mol. The number of pyridine rings is 1. The van der Waals surface area contributed by atoms with Gasteiger partial charge in [-0.15, -0.1) is 0 Å². The van der Waals surface area contributed by atoms with E-state index in [2.05, 4.69) is 10.3 Å². The molecule has 1 atom stereocenters. The number of hydrogen-bond acceptors (Lipinski definition) is 4. The Hall–Kier alpha value is -2.43. The lowest BCUT2D eigenvalue weighted by molar-refractivity contribution is -0.125. The lowest BCUT2D eigenvalue weighted by Gasteiger charge is -2.17. The number of fused-ring (bicyclic) bond motifs is 1. The van der Waals surface area contributed by atoms with Crippen molar-refractivity contribution in [2.45, 2.75) is 26.8 Å². The molecule has 1 amide bonds. The quantitative estimate of drug-likeness (QED) is 0.862. The van der Waals surface area contributed by atoms with E-state index in [1.807, 2.05) is 45.0 Å². The number of carbonyl (C=O) groups excluding carboxylic acids is 2. The second-order valence-corrected chi connectivity index (χ2v) is 5.57. The zero-order valence-electron chi connectivity index (χ0n) is 13.0. The number of benzene rings is 1. The van der Waals surface area contributed by atoms with Gasteiger partial charge >= 0.3 is 5.97 Å². The number of esters is 1. The van der Waals surface area contributed by atoms with Gasteiger partial charge in [0.15, 0.2) is 6.61 Å². The molecular formula is C17H20N2O3. The van der Waals surface area contributed by atoms with Crippen molar-refractivity contribution < 1.29 is 14.3 Å². The molecule has 2 rings (SSSR count). The average molecular weight is 300 g/mol. The first-order chi connectivity index (χ1) is 10.5. The third-order valence-corrected chi connectivity index (χ3v) is 3.53. The lowest BCUT2D eigenvalue weighted by atomic mass is 10.1. The first-order valence-electron chi connectivity index (χ1n) is 7.29. The Morgan fingerprint density at radius 2 is 1.86 bits per heavy atom. The highest BCUT2D eigenvalue weighted by Crippen LogP contribution is 2.12. The molecule has 1 heterocycles. The molecule has 0 aliphatic carbocycles. The maximum absolute atomic E-state index is 11.9. The number of amides is 1. The molecule has 2 aromatic rings. The van der Waals surface area contributed by atoms with Crippen LogP contribution in [0.25, 0.3) is 10.9 Å². The van der Waals surface area contributed by atoms with E-state index in [0.29, 0.717) is 5.92 Å². The first-order valence-corrected chi connectivity index (χ1v) is 7.29. The molecule has 0 radical (unpaired) electrons. The Balaban J connectivity index is 1.95. The summed E-state index contributed by atoms with van der Waals surface area (Å²) < 4.78 is 5.01. The fourth-order valence-corrected chi connectivity index (χ4v) is 1.85. The van der Waals surface area contributed by atoms with Crippen molar-refractivity contribution in [3.8, 4) is 0 Å². The average Bonchev–Trinajstić information content (AvgIpc) is 2.52. The van der Waals surface area contributed by atoms with Gasteiger partial charge in [-0.25, -0.2) is 9.78 Å². The molecule has 22 heavy (non-hydrogen) atoms.